The Kier molecular flexibility index (Phi) is 15.0. The van der Waals surface area contributed by atoms with Crippen molar-refractivity contribution in [3.63, 3.8) is 0 Å². The second-order valence-corrected chi connectivity index (χ2v) is 4.38. The van der Waals surface area contributed by atoms with Crippen LogP contribution < -0.4 is 5.32 Å². The summed E-state index contributed by atoms with van der Waals surface area (Å²) in [6.07, 6.45) is -0.578. The zero-order chi connectivity index (χ0) is 18.3. The van der Waals surface area contributed by atoms with Gasteiger partial charge in [-0.25, -0.2) is 9.59 Å². The van der Waals surface area contributed by atoms with Crippen molar-refractivity contribution in [1.29, 1.82) is 0 Å². The van der Waals surface area contributed by atoms with Crippen molar-refractivity contribution in [3.05, 3.63) is 29.8 Å². The Morgan fingerprint density at radius 2 is 1.61 bits per heavy atom. The van der Waals surface area contributed by atoms with Gasteiger partial charge in [0.05, 0.1) is 24.5 Å². The molecule has 1 aromatic rings. The average molecular weight is 325 g/mol. The Morgan fingerprint density at radius 3 is 2.13 bits per heavy atom. The van der Waals surface area contributed by atoms with E-state index in [9.17, 15) is 9.59 Å². The standard InChI is InChI=1S/C14H19NO4.2C2H6/c1-4-18-13(16)11-7-5-6-8-12(11)15-14(17)19-9-10(2)3;2*1-2/h5-8,10H,4,9H2,1-3H3,(H,15,17);2*1-2H3. The lowest BCUT2D eigenvalue weighted by molar-refractivity contribution is 0.0527. The van der Waals surface area contributed by atoms with Gasteiger partial charge in [0, 0.05) is 0 Å². The van der Waals surface area contributed by atoms with Crippen LogP contribution in [0.3, 0.4) is 0 Å². The molecule has 23 heavy (non-hydrogen) atoms. The fourth-order valence-electron chi connectivity index (χ4n) is 1.37. The van der Waals surface area contributed by atoms with Crippen LogP contribution in [0.2, 0.25) is 0 Å². The van der Waals surface area contributed by atoms with Crippen molar-refractivity contribution in [1.82, 2.24) is 0 Å². The molecule has 0 aromatic heterocycles. The van der Waals surface area contributed by atoms with E-state index >= 15 is 0 Å². The average Bonchev–Trinajstić information content (AvgIpc) is 2.57. The number of hydrogen-bond acceptors (Lipinski definition) is 4. The Balaban J connectivity index is 0. The van der Waals surface area contributed by atoms with Crippen LogP contribution in [0, 0.1) is 5.92 Å². The minimum Gasteiger partial charge on any atom is -0.462 e. The lowest BCUT2D eigenvalue weighted by Gasteiger charge is -2.11. The largest absolute Gasteiger partial charge is 0.462 e. The van der Waals surface area contributed by atoms with E-state index in [1.165, 1.54) is 0 Å². The number of esters is 1. The number of para-hydroxylation sites is 1. The lowest BCUT2D eigenvalue weighted by atomic mass is 10.2. The molecule has 0 bridgehead atoms. The number of carbonyl (C=O) groups is 2. The zero-order valence-electron chi connectivity index (χ0n) is 15.4. The topological polar surface area (TPSA) is 64.6 Å². The highest BCUT2D eigenvalue weighted by Gasteiger charge is 2.14. The second kappa shape index (κ2) is 14.9. The van der Waals surface area contributed by atoms with E-state index in [1.54, 1.807) is 31.2 Å². The predicted molar refractivity (Wildman–Crippen MR) is 94.9 cm³/mol. The molecular formula is C18H31NO4. The van der Waals surface area contributed by atoms with E-state index in [0.717, 1.165) is 0 Å². The quantitative estimate of drug-likeness (QED) is 0.763. The normalized spacial score (nSPS) is 8.87. The summed E-state index contributed by atoms with van der Waals surface area (Å²) >= 11 is 0. The van der Waals surface area contributed by atoms with E-state index in [2.05, 4.69) is 5.32 Å². The lowest BCUT2D eigenvalue weighted by Crippen LogP contribution is -2.18. The molecule has 5 nitrogen and oxygen atoms in total. The third kappa shape index (κ3) is 10.3. The number of anilines is 1. The number of amides is 1. The fourth-order valence-corrected chi connectivity index (χ4v) is 1.37. The molecule has 0 aliphatic heterocycles. The van der Waals surface area contributed by atoms with Gasteiger partial charge >= 0.3 is 12.1 Å². The molecule has 1 N–H and O–H groups in total. The summed E-state index contributed by atoms with van der Waals surface area (Å²) in [7, 11) is 0. The van der Waals surface area contributed by atoms with Crippen LogP contribution in [-0.4, -0.2) is 25.3 Å². The van der Waals surface area contributed by atoms with Crippen molar-refractivity contribution in [3.8, 4) is 0 Å². The van der Waals surface area contributed by atoms with Crippen LogP contribution in [0.4, 0.5) is 10.5 Å². The Bertz CT molecular complexity index is 444. The first-order chi connectivity index (χ1) is 11.0. The molecule has 1 amide bonds. The monoisotopic (exact) mass is 325 g/mol. The first-order valence-electron chi connectivity index (χ1n) is 8.24. The minimum atomic E-state index is -0.578. The number of nitrogens with one attached hydrogen (secondary N) is 1. The smallest absolute Gasteiger partial charge is 0.411 e. The second-order valence-electron chi connectivity index (χ2n) is 4.38. The fraction of sp³-hybridized carbons (Fsp3) is 0.556. The summed E-state index contributed by atoms with van der Waals surface area (Å²) in [5.41, 5.74) is 0.695. The van der Waals surface area contributed by atoms with Crippen LogP contribution in [0.1, 0.15) is 58.8 Å². The Morgan fingerprint density at radius 1 is 1.04 bits per heavy atom. The highest BCUT2D eigenvalue weighted by Crippen LogP contribution is 2.16. The van der Waals surface area contributed by atoms with E-state index in [-0.39, 0.29) is 12.5 Å². The van der Waals surface area contributed by atoms with Crippen LogP contribution in [-0.2, 0) is 9.47 Å². The minimum absolute atomic E-state index is 0.256. The van der Waals surface area contributed by atoms with Crippen LogP contribution >= 0.6 is 0 Å². The molecule has 0 fully saturated rings. The molecule has 132 valence electrons. The van der Waals surface area contributed by atoms with E-state index in [4.69, 9.17) is 9.47 Å². The molecular weight excluding hydrogens is 294 g/mol. The molecule has 5 heteroatoms. The van der Waals surface area contributed by atoms with Crippen molar-refractivity contribution < 1.29 is 19.1 Å². The highest BCUT2D eigenvalue weighted by atomic mass is 16.5. The Hall–Kier alpha value is -2.04. The van der Waals surface area contributed by atoms with Gasteiger partial charge in [-0.1, -0.05) is 53.7 Å². The molecule has 0 unspecified atom stereocenters. The molecule has 0 spiro atoms. The van der Waals surface area contributed by atoms with Crippen LogP contribution in [0.25, 0.3) is 0 Å². The molecule has 0 atom stereocenters. The number of rotatable bonds is 5. The number of hydrogen-bond donors (Lipinski definition) is 1. The van der Waals surface area contributed by atoms with Gasteiger partial charge in [0.25, 0.3) is 0 Å². The van der Waals surface area contributed by atoms with Gasteiger partial charge < -0.3 is 9.47 Å². The van der Waals surface area contributed by atoms with E-state index in [0.29, 0.717) is 17.9 Å². The van der Waals surface area contributed by atoms with E-state index < -0.39 is 12.1 Å². The van der Waals surface area contributed by atoms with Gasteiger partial charge in [0.15, 0.2) is 0 Å². The summed E-state index contributed by atoms with van der Waals surface area (Å²) < 4.78 is 9.92. The maximum absolute atomic E-state index is 11.7. The van der Waals surface area contributed by atoms with Gasteiger partial charge in [0.1, 0.15) is 0 Å². The zero-order valence-corrected chi connectivity index (χ0v) is 15.4. The summed E-state index contributed by atoms with van der Waals surface area (Å²) in [6.45, 7) is 14.2. The van der Waals surface area contributed by atoms with Crippen molar-refractivity contribution in [2.75, 3.05) is 18.5 Å². The van der Waals surface area contributed by atoms with Gasteiger partial charge in [-0.2, -0.15) is 0 Å². The number of carbonyl (C=O) groups excluding carboxylic acids is 2. The van der Waals surface area contributed by atoms with Gasteiger partial charge in [-0.05, 0) is 25.0 Å². The van der Waals surface area contributed by atoms with Gasteiger partial charge in [-0.3, -0.25) is 5.32 Å². The maximum Gasteiger partial charge on any atom is 0.411 e. The third-order valence-electron chi connectivity index (χ3n) is 2.21. The van der Waals surface area contributed by atoms with Crippen molar-refractivity contribution in [2.24, 2.45) is 5.92 Å². The molecule has 0 saturated carbocycles. The van der Waals surface area contributed by atoms with Crippen LogP contribution in [0.15, 0.2) is 24.3 Å². The summed E-state index contributed by atoms with van der Waals surface area (Å²) in [6, 6.07) is 6.65. The molecule has 0 aliphatic rings. The van der Waals surface area contributed by atoms with E-state index in [1.807, 2.05) is 41.5 Å². The van der Waals surface area contributed by atoms with Crippen LogP contribution in [0.5, 0.6) is 0 Å². The molecule has 0 aliphatic carbocycles. The van der Waals surface area contributed by atoms with Gasteiger partial charge in [-0.15, -0.1) is 0 Å². The third-order valence-corrected chi connectivity index (χ3v) is 2.21. The summed E-state index contributed by atoms with van der Waals surface area (Å²) in [4.78, 5) is 23.3. The SMILES string of the molecule is CC.CC.CCOC(=O)c1ccccc1NC(=O)OCC(C)C. The highest BCUT2D eigenvalue weighted by molar-refractivity contribution is 5.99. The molecule has 1 rings (SSSR count). The first-order valence-corrected chi connectivity index (χ1v) is 8.24. The first kappa shape index (κ1) is 23.2. The number of ether oxygens (including phenoxy) is 2. The van der Waals surface area contributed by atoms with Gasteiger partial charge in [0.2, 0.25) is 0 Å². The molecule has 0 heterocycles. The summed E-state index contributed by atoms with van der Waals surface area (Å²) in [5, 5.41) is 2.54. The maximum atomic E-state index is 11.7. The molecule has 1 aromatic carbocycles. The molecule has 0 saturated heterocycles. The predicted octanol–water partition coefficient (Wildman–Crippen LogP) is 5.12. The van der Waals surface area contributed by atoms with Crippen molar-refractivity contribution in [2.45, 2.75) is 48.5 Å². The van der Waals surface area contributed by atoms with Crippen molar-refractivity contribution >= 4 is 17.7 Å². The Labute approximate surface area is 140 Å². The summed E-state index contributed by atoms with van der Waals surface area (Å²) in [5.74, 6) is -0.215. The molecule has 0 radical (unpaired) electrons. The number of benzene rings is 1.